The Labute approximate surface area is 121 Å². The molecule has 4 nitrogen and oxygen atoms in total. The van der Waals surface area contributed by atoms with Gasteiger partial charge in [0.05, 0.1) is 5.60 Å². The largest absolute Gasteiger partial charge is 0.398 e. The molecule has 0 aromatic heterocycles. The summed E-state index contributed by atoms with van der Waals surface area (Å²) in [6, 6.07) is 5.24. The lowest BCUT2D eigenvalue weighted by atomic mass is 10.1. The van der Waals surface area contributed by atoms with Crippen molar-refractivity contribution >= 4 is 34.2 Å². The molecule has 0 atom stereocenters. The van der Waals surface area contributed by atoms with Crippen molar-refractivity contribution in [3.63, 3.8) is 0 Å². The molecule has 18 heavy (non-hydrogen) atoms. The molecule has 5 heteroatoms. The minimum absolute atomic E-state index is 0.110. The highest BCUT2D eigenvalue weighted by molar-refractivity contribution is 14.1. The van der Waals surface area contributed by atoms with Crippen LogP contribution in [0.3, 0.4) is 0 Å². The summed E-state index contributed by atoms with van der Waals surface area (Å²) < 4.78 is 6.40. The number of halogens is 1. The maximum atomic E-state index is 11.9. The zero-order valence-corrected chi connectivity index (χ0v) is 13.1. The van der Waals surface area contributed by atoms with Crippen LogP contribution in [-0.2, 0) is 4.74 Å². The first kappa shape index (κ1) is 15.2. The van der Waals surface area contributed by atoms with Gasteiger partial charge in [0, 0.05) is 28.0 Å². The quantitative estimate of drug-likeness (QED) is 0.625. The number of carbonyl (C=O) groups excluding carboxylic acids is 1. The summed E-state index contributed by atoms with van der Waals surface area (Å²) in [5.41, 5.74) is 6.65. The molecule has 0 radical (unpaired) electrons. The Balaban J connectivity index is 2.63. The van der Waals surface area contributed by atoms with Crippen molar-refractivity contribution in [3.05, 3.63) is 27.3 Å². The van der Waals surface area contributed by atoms with E-state index in [2.05, 4.69) is 27.9 Å². The molecule has 0 saturated carbocycles. The van der Waals surface area contributed by atoms with Gasteiger partial charge in [-0.2, -0.15) is 0 Å². The van der Waals surface area contributed by atoms with Gasteiger partial charge < -0.3 is 15.8 Å². The Bertz CT molecular complexity index is 433. The average molecular weight is 362 g/mol. The molecule has 0 fully saturated rings. The molecule has 0 spiro atoms. The first-order valence-electron chi connectivity index (χ1n) is 5.83. The molecule has 1 aromatic rings. The maximum Gasteiger partial charge on any atom is 0.251 e. The molecule has 1 rings (SSSR count). The number of ether oxygens (including phenoxy) is 1. The Hall–Kier alpha value is -0.820. The topological polar surface area (TPSA) is 64.3 Å². The van der Waals surface area contributed by atoms with Crippen LogP contribution < -0.4 is 11.1 Å². The SMILES string of the molecule is CCOC(C)(C)CNC(=O)c1ccc(N)c(I)c1. The Morgan fingerprint density at radius 2 is 2.17 bits per heavy atom. The second-order valence-electron chi connectivity index (χ2n) is 4.61. The molecule has 0 aliphatic carbocycles. The highest BCUT2D eigenvalue weighted by Crippen LogP contribution is 2.16. The molecule has 0 bridgehead atoms. The molecular weight excluding hydrogens is 343 g/mol. The van der Waals surface area contributed by atoms with Crippen molar-refractivity contribution in [2.24, 2.45) is 0 Å². The minimum Gasteiger partial charge on any atom is -0.398 e. The van der Waals surface area contributed by atoms with Gasteiger partial charge in [0.15, 0.2) is 0 Å². The minimum atomic E-state index is -0.356. The molecular formula is C13H19IN2O2. The van der Waals surface area contributed by atoms with Crippen molar-refractivity contribution in [1.82, 2.24) is 5.32 Å². The van der Waals surface area contributed by atoms with E-state index in [9.17, 15) is 4.79 Å². The first-order chi connectivity index (χ1) is 8.35. The number of anilines is 1. The van der Waals surface area contributed by atoms with Gasteiger partial charge in [0.25, 0.3) is 5.91 Å². The number of nitrogens with one attached hydrogen (secondary N) is 1. The molecule has 0 aliphatic heterocycles. The van der Waals surface area contributed by atoms with Crippen LogP contribution in [0.25, 0.3) is 0 Å². The Morgan fingerprint density at radius 3 is 2.72 bits per heavy atom. The van der Waals surface area contributed by atoms with Gasteiger partial charge in [-0.3, -0.25) is 4.79 Å². The second-order valence-corrected chi connectivity index (χ2v) is 5.77. The third-order valence-corrected chi connectivity index (χ3v) is 3.41. The fraction of sp³-hybridized carbons (Fsp3) is 0.462. The van der Waals surface area contributed by atoms with Gasteiger partial charge in [0.1, 0.15) is 0 Å². The third kappa shape index (κ3) is 4.45. The van der Waals surface area contributed by atoms with E-state index in [-0.39, 0.29) is 11.5 Å². The standard InChI is InChI=1S/C13H19IN2O2/c1-4-18-13(2,3)8-16-12(17)9-5-6-11(15)10(14)7-9/h5-7H,4,8,15H2,1-3H3,(H,16,17). The van der Waals surface area contributed by atoms with Crippen LogP contribution in [0, 0.1) is 3.57 Å². The van der Waals surface area contributed by atoms with E-state index in [4.69, 9.17) is 10.5 Å². The normalized spacial score (nSPS) is 11.3. The molecule has 100 valence electrons. The van der Waals surface area contributed by atoms with E-state index in [1.807, 2.05) is 20.8 Å². The zero-order valence-electron chi connectivity index (χ0n) is 10.9. The van der Waals surface area contributed by atoms with Crippen molar-refractivity contribution in [1.29, 1.82) is 0 Å². The highest BCUT2D eigenvalue weighted by Gasteiger charge is 2.19. The maximum absolute atomic E-state index is 11.9. The molecule has 0 heterocycles. The van der Waals surface area contributed by atoms with Crippen LogP contribution in [0.5, 0.6) is 0 Å². The van der Waals surface area contributed by atoms with Gasteiger partial charge in [0.2, 0.25) is 0 Å². The molecule has 3 N–H and O–H groups in total. The second kappa shape index (κ2) is 6.38. The summed E-state index contributed by atoms with van der Waals surface area (Å²) in [4.78, 5) is 11.9. The molecule has 1 aromatic carbocycles. The van der Waals surface area contributed by atoms with Crippen LogP contribution in [0.2, 0.25) is 0 Å². The van der Waals surface area contributed by atoms with E-state index in [0.717, 1.165) is 3.57 Å². The van der Waals surface area contributed by atoms with Crippen LogP contribution in [0.15, 0.2) is 18.2 Å². The monoisotopic (exact) mass is 362 g/mol. The van der Waals surface area contributed by atoms with E-state index < -0.39 is 0 Å². The molecule has 0 unspecified atom stereocenters. The fourth-order valence-corrected chi connectivity index (χ4v) is 2.02. The van der Waals surface area contributed by atoms with Gasteiger partial charge in [-0.15, -0.1) is 0 Å². The van der Waals surface area contributed by atoms with E-state index >= 15 is 0 Å². The molecule has 0 saturated heterocycles. The number of hydrogen-bond acceptors (Lipinski definition) is 3. The summed E-state index contributed by atoms with van der Waals surface area (Å²) in [6.07, 6.45) is 0. The van der Waals surface area contributed by atoms with Crippen molar-refractivity contribution in [2.75, 3.05) is 18.9 Å². The van der Waals surface area contributed by atoms with Crippen LogP contribution in [-0.4, -0.2) is 24.7 Å². The summed E-state index contributed by atoms with van der Waals surface area (Å²) in [6.45, 7) is 6.93. The Morgan fingerprint density at radius 1 is 1.50 bits per heavy atom. The first-order valence-corrected chi connectivity index (χ1v) is 6.91. The lowest BCUT2D eigenvalue weighted by molar-refractivity contribution is -0.00815. The lowest BCUT2D eigenvalue weighted by Crippen LogP contribution is -2.40. The number of nitrogen functional groups attached to an aromatic ring is 1. The van der Waals surface area contributed by atoms with Crippen LogP contribution in [0.4, 0.5) is 5.69 Å². The number of rotatable bonds is 5. The number of benzene rings is 1. The summed E-state index contributed by atoms with van der Waals surface area (Å²) in [5.74, 6) is -0.110. The smallest absolute Gasteiger partial charge is 0.251 e. The lowest BCUT2D eigenvalue weighted by Gasteiger charge is -2.24. The predicted octanol–water partition coefficient (Wildman–Crippen LogP) is 2.42. The summed E-state index contributed by atoms with van der Waals surface area (Å²) >= 11 is 2.11. The van der Waals surface area contributed by atoms with Crippen molar-refractivity contribution in [3.8, 4) is 0 Å². The number of amides is 1. The van der Waals surface area contributed by atoms with Crippen LogP contribution in [0.1, 0.15) is 31.1 Å². The van der Waals surface area contributed by atoms with Crippen molar-refractivity contribution in [2.45, 2.75) is 26.4 Å². The summed E-state index contributed by atoms with van der Waals surface area (Å²) in [7, 11) is 0. The zero-order chi connectivity index (χ0) is 13.8. The summed E-state index contributed by atoms with van der Waals surface area (Å²) in [5, 5.41) is 2.86. The van der Waals surface area contributed by atoms with Crippen LogP contribution >= 0.6 is 22.6 Å². The Kier molecular flexibility index (Phi) is 5.40. The van der Waals surface area contributed by atoms with E-state index in [0.29, 0.717) is 24.4 Å². The van der Waals surface area contributed by atoms with Crippen molar-refractivity contribution < 1.29 is 9.53 Å². The molecule has 1 amide bonds. The third-order valence-electron chi connectivity index (χ3n) is 2.47. The van der Waals surface area contributed by atoms with Gasteiger partial charge >= 0.3 is 0 Å². The predicted molar refractivity (Wildman–Crippen MR) is 81.6 cm³/mol. The number of hydrogen-bond donors (Lipinski definition) is 2. The van der Waals surface area contributed by atoms with Gasteiger partial charge in [-0.1, -0.05) is 0 Å². The van der Waals surface area contributed by atoms with E-state index in [1.54, 1.807) is 18.2 Å². The molecule has 0 aliphatic rings. The number of nitrogens with two attached hydrogens (primary N) is 1. The highest BCUT2D eigenvalue weighted by atomic mass is 127. The number of carbonyl (C=O) groups is 1. The fourth-order valence-electron chi connectivity index (χ4n) is 1.51. The van der Waals surface area contributed by atoms with Gasteiger partial charge in [-0.05, 0) is 61.6 Å². The van der Waals surface area contributed by atoms with E-state index in [1.165, 1.54) is 0 Å². The average Bonchev–Trinajstić information content (AvgIpc) is 2.30. The van der Waals surface area contributed by atoms with Gasteiger partial charge in [-0.25, -0.2) is 0 Å².